The van der Waals surface area contributed by atoms with Gasteiger partial charge in [0.1, 0.15) is 11.6 Å². The number of alkyl carbamates (subject to hydrolysis) is 1. The molecule has 3 N–H and O–H groups in total. The summed E-state index contributed by atoms with van der Waals surface area (Å²) in [6.45, 7) is 8.10. The molecule has 32 heavy (non-hydrogen) atoms. The molecule has 2 heterocycles. The number of hydrogen-bond acceptors (Lipinski definition) is 5. The van der Waals surface area contributed by atoms with Crippen molar-refractivity contribution in [2.45, 2.75) is 65.5 Å². The van der Waals surface area contributed by atoms with E-state index < -0.39 is 0 Å². The van der Waals surface area contributed by atoms with Gasteiger partial charge in [-0.1, -0.05) is 45.4 Å². The Balaban J connectivity index is 1.29. The number of nitrogen functional groups attached to an aromatic ring is 1. The SMILES string of the molecule is CC1CC[C@@H](C(C)C)C(OC(=O)NCCCCn2cnc3c(N)nc4ccccc4c32)C1. The Hall–Kier alpha value is -2.83. The van der Waals surface area contributed by atoms with Crippen LogP contribution < -0.4 is 11.1 Å². The molecule has 2 aromatic heterocycles. The number of pyridine rings is 1. The van der Waals surface area contributed by atoms with Gasteiger partial charge in [0.25, 0.3) is 0 Å². The first-order chi connectivity index (χ1) is 15.4. The number of para-hydroxylation sites is 1. The summed E-state index contributed by atoms with van der Waals surface area (Å²) in [6, 6.07) is 7.98. The third-order valence-electron chi connectivity index (χ3n) is 6.80. The number of anilines is 1. The van der Waals surface area contributed by atoms with Gasteiger partial charge in [0.05, 0.1) is 17.4 Å². The highest BCUT2D eigenvalue weighted by Gasteiger charge is 2.33. The molecule has 0 saturated heterocycles. The highest BCUT2D eigenvalue weighted by Crippen LogP contribution is 2.35. The molecule has 2 unspecified atom stereocenters. The van der Waals surface area contributed by atoms with Gasteiger partial charge in [0, 0.05) is 18.5 Å². The van der Waals surface area contributed by atoms with E-state index in [2.05, 4.69) is 46.7 Å². The van der Waals surface area contributed by atoms with Crippen molar-refractivity contribution in [2.24, 2.45) is 17.8 Å². The lowest BCUT2D eigenvalue weighted by atomic mass is 9.75. The van der Waals surface area contributed by atoms with Crippen molar-refractivity contribution in [2.75, 3.05) is 12.3 Å². The second-order valence-corrected chi connectivity index (χ2v) is 9.55. The predicted octanol–water partition coefficient (Wildman–Crippen LogP) is 5.13. The largest absolute Gasteiger partial charge is 0.446 e. The molecule has 0 spiro atoms. The van der Waals surface area contributed by atoms with Crippen molar-refractivity contribution in [3.8, 4) is 0 Å². The maximum atomic E-state index is 12.4. The van der Waals surface area contributed by atoms with Crippen molar-refractivity contribution in [1.29, 1.82) is 0 Å². The van der Waals surface area contributed by atoms with E-state index in [4.69, 9.17) is 10.5 Å². The van der Waals surface area contributed by atoms with Crippen molar-refractivity contribution in [3.05, 3.63) is 30.6 Å². The molecule has 0 bridgehead atoms. The molecule has 4 rings (SSSR count). The van der Waals surface area contributed by atoms with E-state index in [9.17, 15) is 4.79 Å². The number of unbranched alkanes of at least 4 members (excludes halogenated alkanes) is 1. The Bertz CT molecular complexity index is 1080. The van der Waals surface area contributed by atoms with Crippen molar-refractivity contribution in [1.82, 2.24) is 19.9 Å². The van der Waals surface area contributed by atoms with Crippen LogP contribution in [0.1, 0.15) is 52.9 Å². The second kappa shape index (κ2) is 9.76. The molecule has 172 valence electrons. The number of rotatable bonds is 7. The molecule has 7 nitrogen and oxygen atoms in total. The average Bonchev–Trinajstić information content (AvgIpc) is 3.18. The Morgan fingerprint density at radius 2 is 2.09 bits per heavy atom. The van der Waals surface area contributed by atoms with Crippen LogP contribution in [-0.4, -0.2) is 33.3 Å². The number of fused-ring (bicyclic) bond motifs is 3. The summed E-state index contributed by atoms with van der Waals surface area (Å²) in [7, 11) is 0. The molecular weight excluding hydrogens is 402 g/mol. The first kappa shape index (κ1) is 22.4. The minimum Gasteiger partial charge on any atom is -0.446 e. The Labute approximate surface area is 189 Å². The van der Waals surface area contributed by atoms with E-state index >= 15 is 0 Å². The highest BCUT2D eigenvalue weighted by atomic mass is 16.6. The molecule has 1 fully saturated rings. The molecule has 7 heteroatoms. The Kier molecular flexibility index (Phi) is 6.82. The van der Waals surface area contributed by atoms with Gasteiger partial charge in [-0.25, -0.2) is 14.8 Å². The van der Waals surface area contributed by atoms with E-state index in [-0.39, 0.29) is 12.2 Å². The zero-order valence-electron chi connectivity index (χ0n) is 19.4. The van der Waals surface area contributed by atoms with E-state index in [0.29, 0.717) is 30.1 Å². The van der Waals surface area contributed by atoms with Gasteiger partial charge in [0.15, 0.2) is 5.82 Å². The molecule has 0 radical (unpaired) electrons. The fourth-order valence-corrected chi connectivity index (χ4v) is 5.00. The molecule has 1 amide bonds. The summed E-state index contributed by atoms with van der Waals surface area (Å²) in [4.78, 5) is 21.3. The molecule has 1 saturated carbocycles. The number of nitrogens with zero attached hydrogens (tertiary/aromatic N) is 3. The number of carbonyl (C=O) groups is 1. The minimum absolute atomic E-state index is 0.0309. The summed E-state index contributed by atoms with van der Waals surface area (Å²) in [5.74, 6) is 2.07. The lowest BCUT2D eigenvalue weighted by Gasteiger charge is -2.36. The molecule has 1 aliphatic rings. The fraction of sp³-hybridized carbons (Fsp3) is 0.560. The second-order valence-electron chi connectivity index (χ2n) is 9.55. The summed E-state index contributed by atoms with van der Waals surface area (Å²) in [5.41, 5.74) is 8.75. The van der Waals surface area contributed by atoms with Crippen molar-refractivity contribution >= 4 is 33.8 Å². The topological polar surface area (TPSA) is 95.1 Å². The summed E-state index contributed by atoms with van der Waals surface area (Å²) in [5, 5.41) is 4.00. The van der Waals surface area contributed by atoms with Crippen LogP contribution in [0, 0.1) is 17.8 Å². The number of ether oxygens (including phenoxy) is 1. The van der Waals surface area contributed by atoms with Crippen LogP contribution in [0.25, 0.3) is 21.9 Å². The maximum Gasteiger partial charge on any atom is 0.407 e. The molecule has 3 atom stereocenters. The first-order valence-corrected chi connectivity index (χ1v) is 11.9. The number of nitrogens with two attached hydrogens (primary N) is 1. The molecule has 1 aromatic carbocycles. The van der Waals surface area contributed by atoms with Crippen molar-refractivity contribution < 1.29 is 9.53 Å². The van der Waals surface area contributed by atoms with Crippen LogP contribution in [0.15, 0.2) is 30.6 Å². The van der Waals surface area contributed by atoms with E-state index in [1.165, 1.54) is 6.42 Å². The number of aromatic nitrogens is 3. The standard InChI is InChI=1S/C25H35N5O2/c1-16(2)18-11-10-17(3)14-21(18)32-25(31)27-12-6-7-13-30-15-28-22-23(30)19-8-4-5-9-20(19)29-24(22)26/h4-5,8-9,15-18,21H,6-7,10-14H2,1-3H3,(H2,26,29)(H,27,31)/t17?,18-,21?/m0/s1. The van der Waals surface area contributed by atoms with Crippen LogP contribution in [0.4, 0.5) is 10.6 Å². The maximum absolute atomic E-state index is 12.4. The molecule has 0 aliphatic heterocycles. The van der Waals surface area contributed by atoms with Gasteiger partial charge >= 0.3 is 6.09 Å². The van der Waals surface area contributed by atoms with E-state index in [1.807, 2.05) is 24.5 Å². The van der Waals surface area contributed by atoms with Crippen LogP contribution in [0.2, 0.25) is 0 Å². The smallest absolute Gasteiger partial charge is 0.407 e. The number of amides is 1. The predicted molar refractivity (Wildman–Crippen MR) is 128 cm³/mol. The average molecular weight is 438 g/mol. The number of carbonyl (C=O) groups excluding carboxylic acids is 1. The molecular formula is C25H35N5O2. The highest BCUT2D eigenvalue weighted by molar-refractivity contribution is 6.06. The number of aryl methyl sites for hydroxylation is 1. The monoisotopic (exact) mass is 437 g/mol. The van der Waals surface area contributed by atoms with Crippen LogP contribution in [-0.2, 0) is 11.3 Å². The van der Waals surface area contributed by atoms with Gasteiger partial charge in [0.2, 0.25) is 0 Å². The van der Waals surface area contributed by atoms with Gasteiger partial charge in [-0.3, -0.25) is 0 Å². The number of benzene rings is 1. The number of hydrogen-bond donors (Lipinski definition) is 2. The van der Waals surface area contributed by atoms with E-state index in [1.54, 1.807) is 0 Å². The fourth-order valence-electron chi connectivity index (χ4n) is 5.00. The van der Waals surface area contributed by atoms with Crippen molar-refractivity contribution in [3.63, 3.8) is 0 Å². The molecule has 3 aromatic rings. The van der Waals surface area contributed by atoms with Gasteiger partial charge in [-0.05, 0) is 49.5 Å². The number of nitrogens with one attached hydrogen (secondary N) is 1. The van der Waals surface area contributed by atoms with Gasteiger partial charge in [-0.2, -0.15) is 0 Å². The summed E-state index contributed by atoms with van der Waals surface area (Å²) in [6.07, 6.45) is 6.69. The van der Waals surface area contributed by atoms with Crippen LogP contribution >= 0.6 is 0 Å². The quantitative estimate of drug-likeness (QED) is 0.499. The normalized spacial score (nSPS) is 21.3. The third kappa shape index (κ3) is 4.81. The van der Waals surface area contributed by atoms with Crippen LogP contribution in [0.5, 0.6) is 0 Å². The Morgan fingerprint density at radius 1 is 1.28 bits per heavy atom. The first-order valence-electron chi connectivity index (χ1n) is 11.9. The lowest BCUT2D eigenvalue weighted by Crippen LogP contribution is -2.39. The lowest BCUT2D eigenvalue weighted by molar-refractivity contribution is 0.00622. The van der Waals surface area contributed by atoms with Crippen LogP contribution in [0.3, 0.4) is 0 Å². The molecule has 1 aliphatic carbocycles. The van der Waals surface area contributed by atoms with Gasteiger partial charge in [-0.15, -0.1) is 0 Å². The van der Waals surface area contributed by atoms with Gasteiger partial charge < -0.3 is 20.4 Å². The van der Waals surface area contributed by atoms with E-state index in [0.717, 1.165) is 54.2 Å². The Morgan fingerprint density at radius 3 is 2.91 bits per heavy atom. The summed E-state index contributed by atoms with van der Waals surface area (Å²) >= 11 is 0. The number of imidazole rings is 1. The zero-order valence-corrected chi connectivity index (χ0v) is 19.4. The zero-order chi connectivity index (χ0) is 22.7. The minimum atomic E-state index is -0.285. The summed E-state index contributed by atoms with van der Waals surface area (Å²) < 4.78 is 7.95. The third-order valence-corrected chi connectivity index (χ3v) is 6.80.